The third-order valence-electron chi connectivity index (χ3n) is 2.65. The Bertz CT molecular complexity index is 219. The molecular formula is C16H28O. The SMILES string of the molecule is CCCC/C=C/CCCC#CCCCCCO. The molecule has 98 valence electrons. The summed E-state index contributed by atoms with van der Waals surface area (Å²) in [6.07, 6.45) is 15.9. The van der Waals surface area contributed by atoms with Crippen molar-refractivity contribution in [2.24, 2.45) is 0 Å². The van der Waals surface area contributed by atoms with Gasteiger partial charge in [0.1, 0.15) is 0 Å². The lowest BCUT2D eigenvalue weighted by molar-refractivity contribution is 0.283. The molecule has 0 amide bonds. The quantitative estimate of drug-likeness (QED) is 0.337. The molecule has 1 heteroatoms. The fraction of sp³-hybridized carbons (Fsp3) is 0.750. The van der Waals surface area contributed by atoms with Gasteiger partial charge in [-0.2, -0.15) is 0 Å². The highest BCUT2D eigenvalue weighted by Gasteiger charge is 1.85. The van der Waals surface area contributed by atoms with Gasteiger partial charge in [-0.3, -0.25) is 0 Å². The van der Waals surface area contributed by atoms with Crippen LogP contribution >= 0.6 is 0 Å². The number of unbranched alkanes of at least 4 members (excludes halogenated alkanes) is 7. The van der Waals surface area contributed by atoms with Gasteiger partial charge in [0, 0.05) is 19.4 Å². The van der Waals surface area contributed by atoms with Crippen molar-refractivity contribution in [3.8, 4) is 11.8 Å². The lowest BCUT2D eigenvalue weighted by Gasteiger charge is -1.92. The number of aliphatic hydroxyl groups excluding tert-OH is 1. The van der Waals surface area contributed by atoms with E-state index in [1.54, 1.807) is 0 Å². The molecule has 0 radical (unpaired) electrons. The molecule has 0 spiro atoms. The molecule has 0 fully saturated rings. The second-order valence-corrected chi connectivity index (χ2v) is 4.39. The van der Waals surface area contributed by atoms with Crippen molar-refractivity contribution >= 4 is 0 Å². The molecule has 0 bridgehead atoms. The van der Waals surface area contributed by atoms with E-state index < -0.39 is 0 Å². The van der Waals surface area contributed by atoms with Crippen molar-refractivity contribution in [3.63, 3.8) is 0 Å². The largest absolute Gasteiger partial charge is 0.396 e. The number of allylic oxidation sites excluding steroid dienone is 2. The first-order valence-electron chi connectivity index (χ1n) is 7.13. The monoisotopic (exact) mass is 236 g/mol. The smallest absolute Gasteiger partial charge is 0.0431 e. The lowest BCUT2D eigenvalue weighted by Crippen LogP contribution is -1.81. The molecule has 0 atom stereocenters. The van der Waals surface area contributed by atoms with Crippen molar-refractivity contribution in [3.05, 3.63) is 12.2 Å². The maximum atomic E-state index is 8.60. The van der Waals surface area contributed by atoms with E-state index in [1.807, 2.05) is 0 Å². The van der Waals surface area contributed by atoms with Gasteiger partial charge in [-0.05, 0) is 32.1 Å². The topological polar surface area (TPSA) is 20.2 Å². The second-order valence-electron chi connectivity index (χ2n) is 4.39. The molecule has 0 heterocycles. The Hall–Kier alpha value is -0.740. The number of hydrogen-bond acceptors (Lipinski definition) is 1. The molecule has 0 aromatic heterocycles. The molecule has 1 nitrogen and oxygen atoms in total. The predicted molar refractivity (Wildman–Crippen MR) is 75.8 cm³/mol. The molecule has 17 heavy (non-hydrogen) atoms. The van der Waals surface area contributed by atoms with Crippen LogP contribution in [0.5, 0.6) is 0 Å². The first-order valence-corrected chi connectivity index (χ1v) is 7.13. The Morgan fingerprint density at radius 1 is 0.824 bits per heavy atom. The van der Waals surface area contributed by atoms with Crippen LogP contribution in [-0.2, 0) is 0 Å². The van der Waals surface area contributed by atoms with E-state index in [2.05, 4.69) is 30.9 Å². The average Bonchev–Trinajstić information content (AvgIpc) is 2.35. The maximum Gasteiger partial charge on any atom is 0.0431 e. The first kappa shape index (κ1) is 16.3. The Labute approximate surface area is 107 Å². The highest BCUT2D eigenvalue weighted by atomic mass is 16.2. The van der Waals surface area contributed by atoms with Gasteiger partial charge in [0.2, 0.25) is 0 Å². The van der Waals surface area contributed by atoms with E-state index in [0.29, 0.717) is 6.61 Å². The third kappa shape index (κ3) is 15.3. The predicted octanol–water partition coefficient (Wildman–Crippen LogP) is 4.46. The molecule has 1 N–H and O–H groups in total. The average molecular weight is 236 g/mol. The highest BCUT2D eigenvalue weighted by molar-refractivity contribution is 4.99. The zero-order valence-corrected chi connectivity index (χ0v) is 11.4. The second kappa shape index (κ2) is 15.3. The molecule has 0 saturated heterocycles. The molecule has 0 aromatic carbocycles. The highest BCUT2D eigenvalue weighted by Crippen LogP contribution is 2.01. The third-order valence-corrected chi connectivity index (χ3v) is 2.65. The minimum atomic E-state index is 0.317. The fourth-order valence-electron chi connectivity index (χ4n) is 1.54. The summed E-state index contributed by atoms with van der Waals surface area (Å²) in [6.45, 7) is 2.54. The van der Waals surface area contributed by atoms with Crippen molar-refractivity contribution in [1.29, 1.82) is 0 Å². The van der Waals surface area contributed by atoms with Gasteiger partial charge in [-0.1, -0.05) is 38.3 Å². The molecule has 0 aliphatic heterocycles. The Kier molecular flexibility index (Phi) is 14.6. The van der Waals surface area contributed by atoms with E-state index in [0.717, 1.165) is 32.1 Å². The summed E-state index contributed by atoms with van der Waals surface area (Å²) >= 11 is 0. The van der Waals surface area contributed by atoms with Crippen molar-refractivity contribution < 1.29 is 5.11 Å². The van der Waals surface area contributed by atoms with Gasteiger partial charge in [0.25, 0.3) is 0 Å². The lowest BCUT2D eigenvalue weighted by atomic mass is 10.2. The fourth-order valence-corrected chi connectivity index (χ4v) is 1.54. The molecule has 0 rings (SSSR count). The summed E-state index contributed by atoms with van der Waals surface area (Å²) in [7, 11) is 0. The van der Waals surface area contributed by atoms with Crippen LogP contribution in [0.3, 0.4) is 0 Å². The normalized spacial score (nSPS) is 10.5. The molecule has 0 aliphatic rings. The van der Waals surface area contributed by atoms with E-state index in [-0.39, 0.29) is 0 Å². The van der Waals surface area contributed by atoms with Crippen molar-refractivity contribution in [2.75, 3.05) is 6.61 Å². The van der Waals surface area contributed by atoms with Crippen LogP contribution in [0.25, 0.3) is 0 Å². The zero-order valence-electron chi connectivity index (χ0n) is 11.4. The molecule has 0 aromatic rings. The molecular weight excluding hydrogens is 208 g/mol. The van der Waals surface area contributed by atoms with Crippen LogP contribution in [0.2, 0.25) is 0 Å². The summed E-state index contributed by atoms with van der Waals surface area (Å²) in [5, 5.41) is 8.60. The minimum absolute atomic E-state index is 0.317. The summed E-state index contributed by atoms with van der Waals surface area (Å²) in [6, 6.07) is 0. The molecule has 0 aliphatic carbocycles. The van der Waals surface area contributed by atoms with Gasteiger partial charge in [0.05, 0.1) is 0 Å². The molecule has 0 unspecified atom stereocenters. The summed E-state index contributed by atoms with van der Waals surface area (Å²) in [5.74, 6) is 6.42. The van der Waals surface area contributed by atoms with E-state index in [9.17, 15) is 0 Å². The van der Waals surface area contributed by atoms with Crippen molar-refractivity contribution in [2.45, 2.75) is 71.1 Å². The zero-order chi connectivity index (χ0) is 12.6. The van der Waals surface area contributed by atoms with Crippen molar-refractivity contribution in [1.82, 2.24) is 0 Å². The van der Waals surface area contributed by atoms with Crippen LogP contribution in [-0.4, -0.2) is 11.7 Å². The minimum Gasteiger partial charge on any atom is -0.396 e. The summed E-state index contributed by atoms with van der Waals surface area (Å²) in [5.41, 5.74) is 0. The van der Waals surface area contributed by atoms with Crippen LogP contribution in [0.4, 0.5) is 0 Å². The Morgan fingerprint density at radius 2 is 1.47 bits per heavy atom. The number of hydrogen-bond donors (Lipinski definition) is 1. The van der Waals surface area contributed by atoms with Crippen LogP contribution in [0.15, 0.2) is 12.2 Å². The standard InChI is InChI=1S/C16H28O/c1-2-3-4-5-6-7-8-9-10-11-12-13-14-15-16-17/h5-6,17H,2-4,7-9,12-16H2,1H3/b6-5+. The number of rotatable bonds is 10. The summed E-state index contributed by atoms with van der Waals surface area (Å²) < 4.78 is 0. The first-order chi connectivity index (χ1) is 8.41. The van der Waals surface area contributed by atoms with Crippen LogP contribution in [0.1, 0.15) is 71.1 Å². The van der Waals surface area contributed by atoms with Gasteiger partial charge in [-0.25, -0.2) is 0 Å². The Morgan fingerprint density at radius 3 is 2.12 bits per heavy atom. The summed E-state index contributed by atoms with van der Waals surface area (Å²) in [4.78, 5) is 0. The maximum absolute atomic E-state index is 8.60. The van der Waals surface area contributed by atoms with Crippen LogP contribution < -0.4 is 0 Å². The van der Waals surface area contributed by atoms with E-state index >= 15 is 0 Å². The Balaban J connectivity index is 3.16. The van der Waals surface area contributed by atoms with E-state index in [1.165, 1.54) is 32.1 Å². The van der Waals surface area contributed by atoms with Crippen LogP contribution in [0, 0.1) is 11.8 Å². The van der Waals surface area contributed by atoms with E-state index in [4.69, 9.17) is 5.11 Å². The molecule has 0 saturated carbocycles. The number of aliphatic hydroxyl groups is 1. The van der Waals surface area contributed by atoms with Gasteiger partial charge < -0.3 is 5.11 Å². The van der Waals surface area contributed by atoms with Gasteiger partial charge >= 0.3 is 0 Å². The van der Waals surface area contributed by atoms with Gasteiger partial charge in [-0.15, -0.1) is 11.8 Å². The van der Waals surface area contributed by atoms with Gasteiger partial charge in [0.15, 0.2) is 0 Å².